The summed E-state index contributed by atoms with van der Waals surface area (Å²) in [5, 5.41) is 4.77. The maximum atomic E-state index is 11.7. The highest BCUT2D eigenvalue weighted by atomic mass is 35.5. The minimum atomic E-state index is -0.357. The molecule has 0 bridgehead atoms. The first-order valence-corrected chi connectivity index (χ1v) is 7.41. The first-order valence-electron chi connectivity index (χ1n) is 7.03. The fraction of sp³-hybridized carbons (Fsp3) is 0.375. The Morgan fingerprint density at radius 3 is 2.95 bits per heavy atom. The van der Waals surface area contributed by atoms with E-state index in [1.165, 1.54) is 12.7 Å². The maximum absolute atomic E-state index is 11.7. The molecule has 1 atom stereocenters. The molecule has 3 rings (SSSR count). The van der Waals surface area contributed by atoms with Crippen LogP contribution in [-0.2, 0) is 22.5 Å². The topological polar surface area (TPSA) is 60.5 Å². The number of nitrogens with zero attached hydrogens (tertiary/aromatic N) is 1. The summed E-state index contributed by atoms with van der Waals surface area (Å²) < 4.78 is 10.1. The monoisotopic (exact) mass is 320 g/mol. The minimum absolute atomic E-state index is 0.0661. The van der Waals surface area contributed by atoms with Gasteiger partial charge in [-0.2, -0.15) is 0 Å². The Kier molecular flexibility index (Phi) is 3.93. The molecule has 0 fully saturated rings. The van der Waals surface area contributed by atoms with Crippen LogP contribution in [0.4, 0.5) is 0 Å². The van der Waals surface area contributed by atoms with Gasteiger partial charge in [-0.05, 0) is 24.1 Å². The van der Waals surface area contributed by atoms with Gasteiger partial charge >= 0.3 is 5.97 Å². The molecule has 0 unspecified atom stereocenters. The molecule has 1 N–H and O–H groups in total. The van der Waals surface area contributed by atoms with Crippen molar-refractivity contribution in [1.29, 1.82) is 0 Å². The summed E-state index contributed by atoms with van der Waals surface area (Å²) in [4.78, 5) is 16.2. The van der Waals surface area contributed by atoms with Gasteiger partial charge in [-0.1, -0.05) is 11.6 Å². The van der Waals surface area contributed by atoms with E-state index in [-0.39, 0.29) is 18.4 Å². The number of halogens is 1. The van der Waals surface area contributed by atoms with Crippen LogP contribution in [0.2, 0.25) is 5.02 Å². The molecule has 6 heteroatoms. The van der Waals surface area contributed by atoms with E-state index in [1.54, 1.807) is 7.11 Å². The lowest BCUT2D eigenvalue weighted by Crippen LogP contribution is -2.09. The van der Waals surface area contributed by atoms with Crippen molar-refractivity contribution < 1.29 is 14.3 Å². The van der Waals surface area contributed by atoms with E-state index in [0.717, 1.165) is 23.0 Å². The lowest BCUT2D eigenvalue weighted by atomic mass is 9.97. The number of hydrogen-bond donors (Lipinski definition) is 1. The molecule has 0 amide bonds. The molecule has 2 aromatic rings. The van der Waals surface area contributed by atoms with Gasteiger partial charge in [-0.3, -0.25) is 9.78 Å². The second kappa shape index (κ2) is 5.74. The average molecular weight is 321 g/mol. The highest BCUT2D eigenvalue weighted by Crippen LogP contribution is 2.39. The smallest absolute Gasteiger partial charge is 0.310 e. The molecule has 1 aromatic heterocycles. The number of methoxy groups -OCH3 is 2. The van der Waals surface area contributed by atoms with Crippen molar-refractivity contribution in [2.45, 2.75) is 25.9 Å². The molecule has 0 spiro atoms. The molecule has 0 saturated carbocycles. The van der Waals surface area contributed by atoms with Gasteiger partial charge in [0.15, 0.2) is 0 Å². The number of aromatic nitrogens is 1. The molecule has 1 aromatic carbocycles. The van der Waals surface area contributed by atoms with Crippen LogP contribution in [0.25, 0.3) is 10.9 Å². The summed E-state index contributed by atoms with van der Waals surface area (Å²) in [6.45, 7) is 2.89. The van der Waals surface area contributed by atoms with E-state index >= 15 is 0 Å². The van der Waals surface area contributed by atoms with Crippen molar-refractivity contribution in [3.63, 3.8) is 0 Å². The Morgan fingerprint density at radius 1 is 1.50 bits per heavy atom. The summed E-state index contributed by atoms with van der Waals surface area (Å²) in [6, 6.07) is 2.12. The second-order valence-corrected chi connectivity index (χ2v) is 5.70. The van der Waals surface area contributed by atoms with Crippen LogP contribution in [0.15, 0.2) is 12.3 Å². The van der Waals surface area contributed by atoms with Crippen LogP contribution >= 0.6 is 11.6 Å². The Morgan fingerprint density at radius 2 is 2.27 bits per heavy atom. The van der Waals surface area contributed by atoms with Gasteiger partial charge in [0.1, 0.15) is 5.75 Å². The standard InChI is InChI=1S/C16H17ClN2O3/c1-8-14-9(6-18-8)7-19-16-10(14)4-12(21-2)15(17)11(16)5-13(20)22-3/h4,7-8,18H,5-6H2,1-3H3/t8-/m0/s1. The van der Waals surface area contributed by atoms with Gasteiger partial charge in [0, 0.05) is 29.7 Å². The van der Waals surface area contributed by atoms with Gasteiger partial charge in [0.05, 0.1) is 31.2 Å². The maximum Gasteiger partial charge on any atom is 0.310 e. The zero-order chi connectivity index (χ0) is 15.9. The van der Waals surface area contributed by atoms with Crippen molar-refractivity contribution in [2.75, 3.05) is 14.2 Å². The van der Waals surface area contributed by atoms with Crippen LogP contribution in [-0.4, -0.2) is 25.2 Å². The zero-order valence-electron chi connectivity index (χ0n) is 12.7. The van der Waals surface area contributed by atoms with Gasteiger partial charge < -0.3 is 14.8 Å². The van der Waals surface area contributed by atoms with Gasteiger partial charge in [-0.25, -0.2) is 0 Å². The molecule has 1 aliphatic rings. The molecule has 5 nitrogen and oxygen atoms in total. The summed E-state index contributed by atoms with van der Waals surface area (Å²) in [7, 11) is 2.92. The van der Waals surface area contributed by atoms with Gasteiger partial charge in [-0.15, -0.1) is 0 Å². The van der Waals surface area contributed by atoms with E-state index < -0.39 is 0 Å². The Labute approximate surface area is 133 Å². The quantitative estimate of drug-likeness (QED) is 0.881. The number of esters is 1. The highest BCUT2D eigenvalue weighted by Gasteiger charge is 2.25. The number of pyridine rings is 1. The number of benzene rings is 1. The van der Waals surface area contributed by atoms with E-state index in [9.17, 15) is 4.79 Å². The average Bonchev–Trinajstić information content (AvgIpc) is 2.91. The number of nitrogens with one attached hydrogen (secondary N) is 1. The largest absolute Gasteiger partial charge is 0.495 e. The Bertz CT molecular complexity index is 761. The molecule has 0 aliphatic carbocycles. The molecular formula is C16H17ClN2O3. The number of fused-ring (bicyclic) bond motifs is 3. The molecule has 116 valence electrons. The van der Waals surface area contributed by atoms with Gasteiger partial charge in [0.25, 0.3) is 0 Å². The lowest BCUT2D eigenvalue weighted by Gasteiger charge is -2.15. The van der Waals surface area contributed by atoms with Crippen molar-refractivity contribution in [1.82, 2.24) is 10.3 Å². The van der Waals surface area contributed by atoms with Gasteiger partial charge in [0.2, 0.25) is 0 Å². The second-order valence-electron chi connectivity index (χ2n) is 5.32. The summed E-state index contributed by atoms with van der Waals surface area (Å²) >= 11 is 6.39. The van der Waals surface area contributed by atoms with Crippen LogP contribution in [0.1, 0.15) is 29.7 Å². The summed E-state index contributed by atoms with van der Waals surface area (Å²) in [5.74, 6) is 0.187. The number of carbonyl (C=O) groups excluding carboxylic acids is 1. The van der Waals surface area contributed by atoms with Crippen LogP contribution in [0, 0.1) is 0 Å². The van der Waals surface area contributed by atoms with E-state index in [4.69, 9.17) is 21.1 Å². The zero-order valence-corrected chi connectivity index (χ0v) is 13.5. The normalized spacial score (nSPS) is 16.6. The molecule has 0 saturated heterocycles. The van der Waals surface area contributed by atoms with Crippen LogP contribution in [0.3, 0.4) is 0 Å². The molecule has 2 heterocycles. The molecule has 1 aliphatic heterocycles. The third-order valence-electron chi connectivity index (χ3n) is 4.08. The van der Waals surface area contributed by atoms with E-state index in [0.29, 0.717) is 16.3 Å². The number of rotatable bonds is 3. The number of hydrogen-bond acceptors (Lipinski definition) is 5. The molecule has 0 radical (unpaired) electrons. The van der Waals surface area contributed by atoms with E-state index in [2.05, 4.69) is 17.2 Å². The first-order chi connectivity index (χ1) is 10.6. The third-order valence-corrected chi connectivity index (χ3v) is 4.50. The van der Waals surface area contributed by atoms with Crippen molar-refractivity contribution in [3.05, 3.63) is 34.0 Å². The fourth-order valence-corrected chi connectivity index (χ4v) is 3.25. The highest BCUT2D eigenvalue weighted by molar-refractivity contribution is 6.34. The fourth-order valence-electron chi connectivity index (χ4n) is 2.96. The van der Waals surface area contributed by atoms with Crippen molar-refractivity contribution in [3.8, 4) is 5.75 Å². The van der Waals surface area contributed by atoms with Crippen LogP contribution in [0.5, 0.6) is 5.75 Å². The van der Waals surface area contributed by atoms with Crippen molar-refractivity contribution in [2.24, 2.45) is 0 Å². The Hall–Kier alpha value is -1.85. The number of ether oxygens (including phenoxy) is 2. The number of carbonyl (C=O) groups is 1. The molecule has 22 heavy (non-hydrogen) atoms. The predicted molar refractivity (Wildman–Crippen MR) is 84.3 cm³/mol. The molecular weight excluding hydrogens is 304 g/mol. The van der Waals surface area contributed by atoms with E-state index in [1.807, 2.05) is 12.3 Å². The van der Waals surface area contributed by atoms with Crippen LogP contribution < -0.4 is 10.1 Å². The third kappa shape index (κ3) is 2.30. The SMILES string of the molecule is COC(=O)Cc1c(Cl)c(OC)cc2c3c(cnc12)CN[C@H]3C. The van der Waals surface area contributed by atoms with Crippen molar-refractivity contribution >= 4 is 28.5 Å². The predicted octanol–water partition coefficient (Wildman–Crippen LogP) is 2.78. The lowest BCUT2D eigenvalue weighted by molar-refractivity contribution is -0.139. The minimum Gasteiger partial charge on any atom is -0.495 e. The Balaban J connectivity index is 2.31. The summed E-state index contributed by atoms with van der Waals surface area (Å²) in [5.41, 5.74) is 3.72. The first kappa shape index (κ1) is 15.1. The summed E-state index contributed by atoms with van der Waals surface area (Å²) in [6.07, 6.45) is 1.91.